The van der Waals surface area contributed by atoms with Crippen LogP contribution in [0.3, 0.4) is 0 Å². The lowest BCUT2D eigenvalue weighted by molar-refractivity contribution is -0.121. The van der Waals surface area contributed by atoms with Crippen molar-refractivity contribution in [3.8, 4) is 0 Å². The third kappa shape index (κ3) is 5.71. The Bertz CT molecular complexity index is 182. The van der Waals surface area contributed by atoms with Gasteiger partial charge in [-0.1, -0.05) is 0 Å². The first-order chi connectivity index (χ1) is 7.33. The molecule has 2 N–H and O–H groups in total. The summed E-state index contributed by atoms with van der Waals surface area (Å²) in [5.41, 5.74) is 0. The van der Waals surface area contributed by atoms with E-state index in [0.717, 1.165) is 19.6 Å². The number of carbonyl (C=O) groups is 1. The molecule has 1 aliphatic heterocycles. The van der Waals surface area contributed by atoms with Gasteiger partial charge in [0, 0.05) is 39.3 Å². The molecule has 0 spiro atoms. The van der Waals surface area contributed by atoms with Crippen molar-refractivity contribution >= 4 is 5.91 Å². The highest BCUT2D eigenvalue weighted by Crippen LogP contribution is 2.02. The lowest BCUT2D eigenvalue weighted by Crippen LogP contribution is -2.34. The number of amides is 1. The number of nitrogens with one attached hydrogen (secondary N) is 2. The predicted octanol–water partition coefficient (Wildman–Crippen LogP) is -0.482. The van der Waals surface area contributed by atoms with Crippen LogP contribution in [0.25, 0.3) is 0 Å². The van der Waals surface area contributed by atoms with Gasteiger partial charge in [0.25, 0.3) is 0 Å². The molecule has 0 saturated carbocycles. The van der Waals surface area contributed by atoms with Gasteiger partial charge in [-0.05, 0) is 6.42 Å². The molecule has 1 rings (SSSR count). The first kappa shape index (κ1) is 12.4. The monoisotopic (exact) mass is 216 g/mol. The van der Waals surface area contributed by atoms with Gasteiger partial charge < -0.3 is 20.1 Å². The van der Waals surface area contributed by atoms with Crippen LogP contribution < -0.4 is 10.6 Å². The Morgan fingerprint density at radius 3 is 3.07 bits per heavy atom. The molecular weight excluding hydrogens is 196 g/mol. The summed E-state index contributed by atoms with van der Waals surface area (Å²) in [5, 5.41) is 6.06. The lowest BCUT2D eigenvalue weighted by Gasteiger charge is -2.10. The van der Waals surface area contributed by atoms with Crippen molar-refractivity contribution in [2.45, 2.75) is 18.9 Å². The van der Waals surface area contributed by atoms with E-state index in [-0.39, 0.29) is 5.91 Å². The highest BCUT2D eigenvalue weighted by Gasteiger charge is 2.14. The lowest BCUT2D eigenvalue weighted by atomic mass is 10.2. The van der Waals surface area contributed by atoms with Crippen molar-refractivity contribution in [2.24, 2.45) is 0 Å². The van der Waals surface area contributed by atoms with E-state index >= 15 is 0 Å². The number of carbonyl (C=O) groups excluding carboxylic acids is 1. The van der Waals surface area contributed by atoms with Crippen LogP contribution in [0.15, 0.2) is 0 Å². The first-order valence-electron chi connectivity index (χ1n) is 5.39. The van der Waals surface area contributed by atoms with Crippen molar-refractivity contribution in [3.63, 3.8) is 0 Å². The maximum Gasteiger partial charge on any atom is 0.221 e. The second kappa shape index (κ2) is 7.62. The number of hydrogen-bond donors (Lipinski definition) is 2. The molecule has 0 bridgehead atoms. The van der Waals surface area contributed by atoms with Gasteiger partial charge in [-0.15, -0.1) is 0 Å². The van der Waals surface area contributed by atoms with Crippen LogP contribution in [0.1, 0.15) is 12.8 Å². The van der Waals surface area contributed by atoms with Crippen LogP contribution in [-0.4, -0.2) is 52.0 Å². The Kier molecular flexibility index (Phi) is 6.31. The average molecular weight is 216 g/mol. The standard InChI is InChI=1S/C10H20N2O3/c1-14-7-5-12-10(13)2-4-11-9-3-6-15-8-9/h9,11H,2-8H2,1H3,(H,12,13). The third-order valence-corrected chi connectivity index (χ3v) is 2.34. The van der Waals surface area contributed by atoms with Gasteiger partial charge in [0.2, 0.25) is 5.91 Å². The summed E-state index contributed by atoms with van der Waals surface area (Å²) in [6.07, 6.45) is 1.56. The minimum atomic E-state index is 0.0680. The summed E-state index contributed by atoms with van der Waals surface area (Å²) in [4.78, 5) is 11.3. The van der Waals surface area contributed by atoms with Gasteiger partial charge in [-0.3, -0.25) is 4.79 Å². The zero-order chi connectivity index (χ0) is 10.9. The molecule has 0 aromatic carbocycles. The first-order valence-corrected chi connectivity index (χ1v) is 5.39. The number of methoxy groups -OCH3 is 1. The number of rotatable bonds is 7. The van der Waals surface area contributed by atoms with Crippen LogP contribution in [0.2, 0.25) is 0 Å². The Hall–Kier alpha value is -0.650. The van der Waals surface area contributed by atoms with Crippen molar-refractivity contribution < 1.29 is 14.3 Å². The molecule has 88 valence electrons. The maximum absolute atomic E-state index is 11.3. The van der Waals surface area contributed by atoms with Crippen molar-refractivity contribution in [1.82, 2.24) is 10.6 Å². The number of hydrogen-bond acceptors (Lipinski definition) is 4. The van der Waals surface area contributed by atoms with Gasteiger partial charge in [0.1, 0.15) is 0 Å². The number of ether oxygens (including phenoxy) is 2. The smallest absolute Gasteiger partial charge is 0.221 e. The molecule has 1 aliphatic rings. The highest BCUT2D eigenvalue weighted by molar-refractivity contribution is 5.76. The van der Waals surface area contributed by atoms with Gasteiger partial charge in [0.15, 0.2) is 0 Å². The van der Waals surface area contributed by atoms with Crippen molar-refractivity contribution in [3.05, 3.63) is 0 Å². The van der Waals surface area contributed by atoms with E-state index < -0.39 is 0 Å². The van der Waals surface area contributed by atoms with Crippen molar-refractivity contribution in [1.29, 1.82) is 0 Å². The van der Waals surface area contributed by atoms with Gasteiger partial charge in [-0.2, -0.15) is 0 Å². The average Bonchev–Trinajstić information content (AvgIpc) is 2.71. The molecule has 1 atom stereocenters. The SMILES string of the molecule is COCCNC(=O)CCNC1CCOC1. The molecule has 1 fully saturated rings. The topological polar surface area (TPSA) is 59.6 Å². The van der Waals surface area contributed by atoms with E-state index in [1.165, 1.54) is 0 Å². The summed E-state index contributed by atoms with van der Waals surface area (Å²) in [5.74, 6) is 0.0680. The fourth-order valence-electron chi connectivity index (χ4n) is 1.47. The molecule has 5 heteroatoms. The van der Waals surface area contributed by atoms with Crippen LogP contribution in [0.5, 0.6) is 0 Å². The van der Waals surface area contributed by atoms with Gasteiger partial charge >= 0.3 is 0 Å². The molecule has 0 radical (unpaired) electrons. The molecule has 1 saturated heterocycles. The van der Waals surface area contributed by atoms with Gasteiger partial charge in [-0.25, -0.2) is 0 Å². The molecular formula is C10H20N2O3. The minimum Gasteiger partial charge on any atom is -0.383 e. The second-order valence-electron chi connectivity index (χ2n) is 3.61. The summed E-state index contributed by atoms with van der Waals surface area (Å²) in [7, 11) is 1.62. The summed E-state index contributed by atoms with van der Waals surface area (Å²) in [6.45, 7) is 3.47. The quantitative estimate of drug-likeness (QED) is 0.564. The van der Waals surface area contributed by atoms with Crippen LogP contribution in [-0.2, 0) is 14.3 Å². The van der Waals surface area contributed by atoms with E-state index in [1.54, 1.807) is 7.11 Å². The van der Waals surface area contributed by atoms with E-state index in [4.69, 9.17) is 9.47 Å². The van der Waals surface area contributed by atoms with Crippen LogP contribution in [0, 0.1) is 0 Å². The highest BCUT2D eigenvalue weighted by atomic mass is 16.5. The maximum atomic E-state index is 11.3. The Morgan fingerprint density at radius 1 is 1.53 bits per heavy atom. The zero-order valence-electron chi connectivity index (χ0n) is 9.25. The van der Waals surface area contributed by atoms with Crippen LogP contribution in [0.4, 0.5) is 0 Å². The zero-order valence-corrected chi connectivity index (χ0v) is 9.25. The molecule has 1 heterocycles. The Balaban J connectivity index is 1.91. The molecule has 0 aromatic heterocycles. The fourth-order valence-corrected chi connectivity index (χ4v) is 1.47. The van der Waals surface area contributed by atoms with E-state index in [0.29, 0.717) is 32.2 Å². The summed E-state index contributed by atoms with van der Waals surface area (Å²) in [6, 6.07) is 0.428. The third-order valence-electron chi connectivity index (χ3n) is 2.34. The summed E-state index contributed by atoms with van der Waals surface area (Å²) >= 11 is 0. The molecule has 1 amide bonds. The predicted molar refractivity (Wildman–Crippen MR) is 56.7 cm³/mol. The largest absolute Gasteiger partial charge is 0.383 e. The van der Waals surface area contributed by atoms with E-state index in [1.807, 2.05) is 0 Å². The van der Waals surface area contributed by atoms with E-state index in [2.05, 4.69) is 10.6 Å². The van der Waals surface area contributed by atoms with E-state index in [9.17, 15) is 4.79 Å². The van der Waals surface area contributed by atoms with Crippen LogP contribution >= 0.6 is 0 Å². The minimum absolute atomic E-state index is 0.0680. The molecule has 0 aromatic rings. The summed E-state index contributed by atoms with van der Waals surface area (Å²) < 4.78 is 10.0. The normalized spacial score (nSPS) is 20.5. The molecule has 5 nitrogen and oxygen atoms in total. The Morgan fingerprint density at radius 2 is 2.40 bits per heavy atom. The van der Waals surface area contributed by atoms with Crippen molar-refractivity contribution in [2.75, 3.05) is 40.0 Å². The molecule has 15 heavy (non-hydrogen) atoms. The van der Waals surface area contributed by atoms with Gasteiger partial charge in [0.05, 0.1) is 13.2 Å². The molecule has 0 aliphatic carbocycles. The fraction of sp³-hybridized carbons (Fsp3) is 0.900. The molecule has 1 unspecified atom stereocenters. The Labute approximate surface area is 90.5 Å². The second-order valence-corrected chi connectivity index (χ2v) is 3.61.